The molecule has 0 aliphatic carbocycles. The van der Waals surface area contributed by atoms with Crippen molar-refractivity contribution in [3.05, 3.63) is 106 Å². The largest absolute Gasteiger partial charge is 0.514 e. The monoisotopic (exact) mass is 1780 g/mol. The zero-order valence-electron chi connectivity index (χ0n) is 67.3. The second kappa shape index (κ2) is 58.9. The maximum Gasteiger partial charge on any atom is 0.514 e. The Hall–Kier alpha value is -15.0. The molecular weight excluding hydrogens is 1710 g/mol. The third-order valence-electron chi connectivity index (χ3n) is 16.0. The van der Waals surface area contributed by atoms with Crippen molar-refractivity contribution in [2.24, 2.45) is 5.41 Å². The fourth-order valence-electron chi connectivity index (χ4n) is 10.1. The molecule has 34 heteroatoms. The van der Waals surface area contributed by atoms with E-state index in [1.54, 1.807) is 39.8 Å². The molecule has 0 saturated carbocycles. The van der Waals surface area contributed by atoms with Gasteiger partial charge in [-0.1, -0.05) is 88.3 Å². The molecule has 1 amide bonds. The van der Waals surface area contributed by atoms with Crippen LogP contribution in [0, 0.1) is 261 Å². The van der Waals surface area contributed by atoms with Crippen LogP contribution in [0.15, 0.2) is 48.5 Å². The molecule has 0 bridgehead atoms. The summed E-state index contributed by atoms with van der Waals surface area (Å²) in [5.74, 6) is 72.4. The lowest BCUT2D eigenvalue weighted by molar-refractivity contribution is -0.309. The molecular formula is C93H70F20N6O8. The van der Waals surface area contributed by atoms with Gasteiger partial charge < -0.3 is 44.1 Å². The van der Waals surface area contributed by atoms with Crippen LogP contribution in [0.5, 0.6) is 5.75 Å². The number of carboxylic acid groups (broad SMARTS) is 1. The highest BCUT2D eigenvalue weighted by atomic mass is 19.4. The Morgan fingerprint density at radius 2 is 0.787 bits per heavy atom. The minimum atomic E-state index is -6.19. The number of amides is 1. The van der Waals surface area contributed by atoms with Gasteiger partial charge in [-0.05, 0) is 264 Å². The van der Waals surface area contributed by atoms with E-state index < -0.39 is 102 Å². The molecule has 660 valence electrons. The number of hydrogen-bond acceptors (Lipinski definition) is 10. The minimum absolute atomic E-state index is 0. The van der Waals surface area contributed by atoms with Gasteiger partial charge in [0.2, 0.25) is 34.8 Å². The predicted octanol–water partition coefficient (Wildman–Crippen LogP) is 17.1. The smallest absolute Gasteiger partial charge is 0.475 e. The maximum atomic E-state index is 13.1. The lowest BCUT2D eigenvalue weighted by Crippen LogP contribution is -2.51. The summed E-state index contributed by atoms with van der Waals surface area (Å²) in [4.78, 5) is 44.1. The molecule has 0 radical (unpaired) electrons. The molecule has 4 aliphatic rings. The molecule has 2 N–H and O–H groups in total. The lowest BCUT2D eigenvalue weighted by atomic mass is 9.78. The van der Waals surface area contributed by atoms with E-state index in [9.17, 15) is 97.4 Å². The van der Waals surface area contributed by atoms with Gasteiger partial charge in [-0.25, -0.2) is 37.2 Å². The summed E-state index contributed by atoms with van der Waals surface area (Å²) < 4.78 is 260. The van der Waals surface area contributed by atoms with E-state index in [0.717, 1.165) is 22.7 Å². The molecule has 1 atom stereocenters. The number of nitrogens with one attached hydrogen (secondary N) is 1. The van der Waals surface area contributed by atoms with Crippen molar-refractivity contribution >= 4 is 35.3 Å². The van der Waals surface area contributed by atoms with Crippen molar-refractivity contribution in [2.75, 3.05) is 70.4 Å². The average Bonchev–Trinajstić information content (AvgIpc) is 1.78. The third-order valence-corrected chi connectivity index (χ3v) is 16.0. The van der Waals surface area contributed by atoms with Gasteiger partial charge in [0.1, 0.15) is 0 Å². The number of carboxylic acids is 1. The molecule has 127 heavy (non-hydrogen) atoms. The van der Waals surface area contributed by atoms with Gasteiger partial charge in [0, 0.05) is 85.1 Å². The van der Waals surface area contributed by atoms with Gasteiger partial charge in [-0.2, -0.15) is 74.6 Å². The third kappa shape index (κ3) is 45.1. The van der Waals surface area contributed by atoms with E-state index >= 15 is 0 Å². The van der Waals surface area contributed by atoms with Gasteiger partial charge in [0.05, 0.1) is 25.4 Å². The van der Waals surface area contributed by atoms with Crippen molar-refractivity contribution in [3.8, 4) is 219 Å². The number of hydrogen-bond donors (Lipinski definition) is 2. The highest BCUT2D eigenvalue weighted by molar-refractivity contribution is 5.73. The molecule has 0 aromatic heterocycles. The molecule has 4 heterocycles. The molecule has 4 fully saturated rings. The number of nitrogens with zero attached hydrogens (tertiary/aromatic N) is 5. The van der Waals surface area contributed by atoms with Crippen molar-refractivity contribution in [1.82, 2.24) is 15.1 Å². The van der Waals surface area contributed by atoms with Gasteiger partial charge in [-0.15, -0.1) is 0 Å². The molecule has 2 spiro atoms. The van der Waals surface area contributed by atoms with Crippen LogP contribution in [-0.2, 0) is 19.0 Å². The summed E-state index contributed by atoms with van der Waals surface area (Å²) in [6.45, 7) is 35.9. The van der Waals surface area contributed by atoms with Crippen molar-refractivity contribution < 1.29 is 126 Å². The number of halogens is 20. The summed E-state index contributed by atoms with van der Waals surface area (Å²) in [5.41, 5.74) is 3.46. The topological polar surface area (TPSA) is 139 Å². The Bertz CT molecular complexity index is 5410. The zero-order chi connectivity index (χ0) is 94.8. The number of likely N-dealkylation sites (tertiary alicyclic amines) is 1. The van der Waals surface area contributed by atoms with Crippen molar-refractivity contribution in [1.29, 1.82) is 0 Å². The van der Waals surface area contributed by atoms with Gasteiger partial charge in [0.25, 0.3) is 12.2 Å². The van der Waals surface area contributed by atoms with Crippen LogP contribution < -0.4 is 15.0 Å². The predicted molar refractivity (Wildman–Crippen MR) is 432 cm³/mol. The Kier molecular flexibility index (Phi) is 52.0. The summed E-state index contributed by atoms with van der Waals surface area (Å²) >= 11 is 0. The Morgan fingerprint density at radius 1 is 0.480 bits per heavy atom. The van der Waals surface area contributed by atoms with E-state index in [0.29, 0.717) is 24.1 Å². The van der Waals surface area contributed by atoms with Crippen molar-refractivity contribution in [3.63, 3.8) is 0 Å². The number of carbonyl (C=O) groups excluding carboxylic acids is 2. The molecule has 3 aromatic rings. The van der Waals surface area contributed by atoms with Crippen LogP contribution in [0.1, 0.15) is 106 Å². The number of benzene rings is 3. The summed E-state index contributed by atoms with van der Waals surface area (Å²) in [6.07, 6.45) is -37.4. The molecule has 4 aliphatic heterocycles. The van der Waals surface area contributed by atoms with Crippen LogP contribution in [0.3, 0.4) is 0 Å². The number of aliphatic carboxylic acids is 1. The second-order valence-electron chi connectivity index (χ2n) is 24.2. The molecule has 4 saturated heterocycles. The minimum Gasteiger partial charge on any atom is -0.475 e. The Labute approximate surface area is 723 Å². The van der Waals surface area contributed by atoms with E-state index in [2.05, 4.69) is 285 Å². The Morgan fingerprint density at radius 3 is 1.08 bits per heavy atom. The van der Waals surface area contributed by atoms with Crippen LogP contribution in [0.2, 0.25) is 0 Å². The number of alkyl halides is 15. The zero-order valence-corrected chi connectivity index (χ0v) is 67.3. The fourth-order valence-corrected chi connectivity index (χ4v) is 10.1. The SMILES string of the molecule is C.CC#CC#CC#CC#CC#CC.CC#CC#CC#CC#CC#CC#CC#CC#CC#CC#CC#CC#CC#CC.CCN(CC)CC.O=C(O)C(F)(F)F.O=C(Oc1c(F)c(F)c(F)c(F)c1F)OC(C(F)(F)F)C(F)(F)F.[C-]#[N+]c1ccc(C2COC3(CCN(C(=O)OC(C(F)(F)F)C(F)(F)F)CC3)C2)cc1.[C-]#[N+]c1ccc(N2CCC3(CCNCC3)C2)cc1. The molecule has 14 nitrogen and oxygen atoms in total. The van der Waals surface area contributed by atoms with Gasteiger partial charge in [0.15, 0.2) is 11.4 Å². The van der Waals surface area contributed by atoms with Crippen LogP contribution >= 0.6 is 0 Å². The highest BCUT2D eigenvalue weighted by Crippen LogP contribution is 2.45. The first-order valence-corrected chi connectivity index (χ1v) is 35.9. The summed E-state index contributed by atoms with van der Waals surface area (Å²) in [5, 5.41) is 10.6. The van der Waals surface area contributed by atoms with Gasteiger partial charge in [-0.3, -0.25) is 0 Å². The first-order valence-electron chi connectivity index (χ1n) is 35.9. The lowest BCUT2D eigenvalue weighted by Gasteiger charge is -2.38. The van der Waals surface area contributed by atoms with E-state index in [1.165, 1.54) is 64.2 Å². The van der Waals surface area contributed by atoms with Crippen LogP contribution in [0.4, 0.5) is 114 Å². The Balaban J connectivity index is 0.00000153. The number of anilines is 1. The first-order chi connectivity index (χ1) is 59.5. The standard InChI is InChI=1S/C28H6.C19H18F6N2O3.C15H19N3.C12H6.C10HF11O3.C6H15N.C2HF3O2.CH4/c1-3-5-7-9-11-13-15-17-19-21-23-25-27-28-26-24-22-20-18-16-14-12-10-8-6-4-2;1-26-14-4-2-12(3-5-14)13-10-17(29-11-13)6-8-27(9-7-17)16(28)30-15(18(20,21)22)19(23,24)25;1-16-13-2-4-14(5-3-13)18-11-8-15(12-18)6-9-17-10-7-15;1-3-5-7-9-11-12-10-8-6-4-2;11-1-2(12)4(14)6(5(15)3(1)13)23-8(22)24-7(9(16,17)18)10(19,20)21;1-4-7(5-2)6-3;3-2(4,5)1(6)7;/h1-2H3;2-5,13,15H,6-11H2;2-5,17H,6-12H2;1-2H3;7H;4-6H2,1-3H3;(H,6,7);1H4. The van der Waals surface area contributed by atoms with E-state index in [4.69, 9.17) is 27.8 Å². The second-order valence-corrected chi connectivity index (χ2v) is 24.2. The van der Waals surface area contributed by atoms with E-state index in [-0.39, 0.29) is 39.3 Å². The number of piperidine rings is 2. The summed E-state index contributed by atoms with van der Waals surface area (Å²) in [6, 6.07) is 15.1. The van der Waals surface area contributed by atoms with Crippen LogP contribution in [-0.4, -0.2) is 147 Å². The highest BCUT2D eigenvalue weighted by Gasteiger charge is 2.62. The molecule has 7 rings (SSSR count). The first kappa shape index (κ1) is 112. The fraction of sp³-hybridized carbons (Fsp3) is 0.366. The number of rotatable bonds is 8. The van der Waals surface area contributed by atoms with Crippen LogP contribution in [0.25, 0.3) is 9.69 Å². The number of ether oxygens (including phenoxy) is 4. The number of carbonyl (C=O) groups is 3. The summed E-state index contributed by atoms with van der Waals surface area (Å²) in [7, 11) is 0. The average molecular weight is 1780 g/mol. The van der Waals surface area contributed by atoms with Gasteiger partial charge >= 0.3 is 49.1 Å². The van der Waals surface area contributed by atoms with E-state index in [1.807, 2.05) is 24.3 Å². The maximum absolute atomic E-state index is 13.1. The molecule has 1 unspecified atom stereocenters. The quantitative estimate of drug-likeness (QED) is 0.0424. The van der Waals surface area contributed by atoms with Crippen molar-refractivity contribution in [2.45, 2.75) is 149 Å². The molecule has 3 aromatic carbocycles. The normalized spacial score (nSPS) is 13.0.